The first-order chi connectivity index (χ1) is 10.6. The number of nitrogens with one attached hydrogen (secondary N) is 1. The Labute approximate surface area is 128 Å². The molecule has 0 bridgehead atoms. The van der Waals surface area contributed by atoms with Gasteiger partial charge < -0.3 is 9.73 Å². The predicted octanol–water partition coefficient (Wildman–Crippen LogP) is 3.41. The lowest BCUT2D eigenvalue weighted by atomic mass is 9.96. The van der Waals surface area contributed by atoms with E-state index in [-0.39, 0.29) is 11.8 Å². The summed E-state index contributed by atoms with van der Waals surface area (Å²) in [6, 6.07) is 11.9. The molecule has 1 N–H and O–H groups in total. The summed E-state index contributed by atoms with van der Waals surface area (Å²) in [5.74, 6) is 0.449. The number of amides is 2. The minimum absolute atomic E-state index is 0.0974. The Morgan fingerprint density at radius 3 is 2.50 bits per heavy atom. The minimum Gasteiger partial charge on any atom is -0.467 e. The van der Waals surface area contributed by atoms with Gasteiger partial charge in [-0.3, -0.25) is 9.69 Å². The standard InChI is InChI=1S/C17H16N2O3/c1-11-15(12(2)20)16(14-9-6-10-22-14)18-17(21)19(11)13-7-4-3-5-8-13/h3-10,16H,1-2H3,(H,18,21)/t16-/m0/s1. The zero-order chi connectivity index (χ0) is 15.7. The summed E-state index contributed by atoms with van der Waals surface area (Å²) in [5.41, 5.74) is 1.86. The normalized spacial score (nSPS) is 18.4. The van der Waals surface area contributed by atoms with Crippen LogP contribution in [-0.2, 0) is 4.79 Å². The molecular weight excluding hydrogens is 280 g/mol. The molecule has 0 radical (unpaired) electrons. The van der Waals surface area contributed by atoms with Crippen molar-refractivity contribution in [3.05, 3.63) is 65.8 Å². The first-order valence-corrected chi connectivity index (χ1v) is 7.00. The molecule has 1 aromatic carbocycles. The SMILES string of the molecule is CC(=O)C1=C(C)N(c2ccccc2)C(=O)N[C@H]1c1ccco1. The maximum atomic E-state index is 12.5. The Morgan fingerprint density at radius 1 is 1.18 bits per heavy atom. The van der Waals surface area contributed by atoms with Gasteiger partial charge in [-0.15, -0.1) is 0 Å². The number of anilines is 1. The number of Topliss-reactive ketones (excluding diaryl/α,β-unsaturated/α-hetero) is 1. The Morgan fingerprint density at radius 2 is 1.91 bits per heavy atom. The lowest BCUT2D eigenvalue weighted by Crippen LogP contribution is -2.47. The highest BCUT2D eigenvalue weighted by molar-refractivity contribution is 6.04. The van der Waals surface area contributed by atoms with Gasteiger partial charge in [-0.1, -0.05) is 18.2 Å². The van der Waals surface area contributed by atoms with Gasteiger partial charge in [0.1, 0.15) is 11.8 Å². The van der Waals surface area contributed by atoms with E-state index in [2.05, 4.69) is 5.32 Å². The summed E-state index contributed by atoms with van der Waals surface area (Å²) in [7, 11) is 0. The number of furan rings is 1. The van der Waals surface area contributed by atoms with Crippen LogP contribution < -0.4 is 10.2 Å². The van der Waals surface area contributed by atoms with Gasteiger partial charge in [0.25, 0.3) is 0 Å². The molecule has 1 aliphatic heterocycles. The highest BCUT2D eigenvalue weighted by Gasteiger charge is 2.36. The van der Waals surface area contributed by atoms with Crippen LogP contribution in [0.5, 0.6) is 0 Å². The molecule has 5 heteroatoms. The molecule has 2 aromatic rings. The van der Waals surface area contributed by atoms with Crippen molar-refractivity contribution in [2.45, 2.75) is 19.9 Å². The van der Waals surface area contributed by atoms with Crippen LogP contribution in [0.25, 0.3) is 0 Å². The van der Waals surface area contributed by atoms with E-state index in [1.807, 2.05) is 30.3 Å². The van der Waals surface area contributed by atoms with Crippen molar-refractivity contribution in [3.8, 4) is 0 Å². The number of rotatable bonds is 3. The van der Waals surface area contributed by atoms with Gasteiger partial charge in [-0.05, 0) is 38.1 Å². The van der Waals surface area contributed by atoms with Gasteiger partial charge in [0, 0.05) is 11.3 Å². The highest BCUT2D eigenvalue weighted by atomic mass is 16.3. The second-order valence-corrected chi connectivity index (χ2v) is 5.12. The van der Waals surface area contributed by atoms with E-state index in [1.165, 1.54) is 18.1 Å². The summed E-state index contributed by atoms with van der Waals surface area (Å²) in [6.07, 6.45) is 1.53. The quantitative estimate of drug-likeness (QED) is 0.944. The van der Waals surface area contributed by atoms with E-state index < -0.39 is 6.04 Å². The molecular formula is C17H16N2O3. The molecule has 1 atom stereocenters. The summed E-state index contributed by atoms with van der Waals surface area (Å²) < 4.78 is 5.37. The summed E-state index contributed by atoms with van der Waals surface area (Å²) in [6.45, 7) is 3.27. The van der Waals surface area contributed by atoms with Crippen molar-refractivity contribution in [3.63, 3.8) is 0 Å². The first kappa shape index (κ1) is 14.1. The Balaban J connectivity index is 2.12. The van der Waals surface area contributed by atoms with Crippen LogP contribution in [0.1, 0.15) is 25.6 Å². The molecule has 0 saturated carbocycles. The molecule has 1 aliphatic rings. The van der Waals surface area contributed by atoms with Crippen LogP contribution in [0, 0.1) is 0 Å². The zero-order valence-electron chi connectivity index (χ0n) is 12.4. The van der Waals surface area contributed by atoms with Crippen molar-refractivity contribution in [1.29, 1.82) is 0 Å². The smallest absolute Gasteiger partial charge is 0.327 e. The zero-order valence-corrected chi connectivity index (χ0v) is 12.4. The maximum absolute atomic E-state index is 12.5. The lowest BCUT2D eigenvalue weighted by Gasteiger charge is -2.34. The molecule has 22 heavy (non-hydrogen) atoms. The van der Waals surface area contributed by atoms with Crippen LogP contribution in [0.15, 0.2) is 64.4 Å². The largest absolute Gasteiger partial charge is 0.467 e. The molecule has 3 rings (SSSR count). The monoisotopic (exact) mass is 296 g/mol. The minimum atomic E-state index is -0.556. The summed E-state index contributed by atoms with van der Waals surface area (Å²) >= 11 is 0. The highest BCUT2D eigenvalue weighted by Crippen LogP contribution is 2.33. The number of urea groups is 1. The predicted molar refractivity (Wildman–Crippen MR) is 82.3 cm³/mol. The van der Waals surface area contributed by atoms with Crippen molar-refractivity contribution in [2.75, 3.05) is 4.90 Å². The fraction of sp³-hybridized carbons (Fsp3) is 0.176. The van der Waals surface area contributed by atoms with Crippen LogP contribution >= 0.6 is 0 Å². The lowest BCUT2D eigenvalue weighted by molar-refractivity contribution is -0.114. The third kappa shape index (κ3) is 2.30. The second-order valence-electron chi connectivity index (χ2n) is 5.12. The van der Waals surface area contributed by atoms with E-state index in [0.717, 1.165) is 0 Å². The number of benzene rings is 1. The van der Waals surface area contributed by atoms with Gasteiger partial charge in [-0.2, -0.15) is 0 Å². The van der Waals surface area contributed by atoms with Crippen LogP contribution in [0.4, 0.5) is 10.5 Å². The fourth-order valence-corrected chi connectivity index (χ4v) is 2.76. The van der Waals surface area contributed by atoms with E-state index in [9.17, 15) is 9.59 Å². The van der Waals surface area contributed by atoms with Gasteiger partial charge in [-0.25, -0.2) is 4.79 Å². The van der Waals surface area contributed by atoms with Gasteiger partial charge in [0.2, 0.25) is 0 Å². The number of para-hydroxylation sites is 1. The number of nitrogens with zero attached hydrogens (tertiary/aromatic N) is 1. The molecule has 0 aliphatic carbocycles. The molecule has 2 amide bonds. The van der Waals surface area contributed by atoms with Crippen LogP contribution in [0.3, 0.4) is 0 Å². The van der Waals surface area contributed by atoms with Gasteiger partial charge in [0.05, 0.1) is 12.0 Å². The number of hydrogen-bond acceptors (Lipinski definition) is 3. The van der Waals surface area contributed by atoms with Crippen molar-refractivity contribution in [2.24, 2.45) is 0 Å². The Kier molecular flexibility index (Phi) is 3.55. The van der Waals surface area contributed by atoms with Crippen LogP contribution in [0.2, 0.25) is 0 Å². The summed E-state index contributed by atoms with van der Waals surface area (Å²) in [4.78, 5) is 26.1. The molecule has 5 nitrogen and oxygen atoms in total. The number of ketones is 1. The number of carbonyl (C=O) groups excluding carboxylic acids is 2. The fourth-order valence-electron chi connectivity index (χ4n) is 2.76. The number of carbonyl (C=O) groups is 2. The van der Waals surface area contributed by atoms with E-state index >= 15 is 0 Å². The van der Waals surface area contributed by atoms with E-state index in [1.54, 1.807) is 19.1 Å². The first-order valence-electron chi connectivity index (χ1n) is 7.00. The average Bonchev–Trinajstić information content (AvgIpc) is 3.01. The van der Waals surface area contributed by atoms with Gasteiger partial charge >= 0.3 is 6.03 Å². The molecule has 0 spiro atoms. The third-order valence-electron chi connectivity index (χ3n) is 3.71. The summed E-state index contributed by atoms with van der Waals surface area (Å²) in [5, 5.41) is 2.84. The van der Waals surface area contributed by atoms with Crippen molar-refractivity contribution in [1.82, 2.24) is 5.32 Å². The second kappa shape index (κ2) is 5.52. The molecule has 112 valence electrons. The number of hydrogen-bond donors (Lipinski definition) is 1. The molecule has 1 aromatic heterocycles. The molecule has 2 heterocycles. The molecule has 0 unspecified atom stereocenters. The maximum Gasteiger partial charge on any atom is 0.327 e. The Hall–Kier alpha value is -2.82. The average molecular weight is 296 g/mol. The van der Waals surface area contributed by atoms with E-state index in [4.69, 9.17) is 4.42 Å². The van der Waals surface area contributed by atoms with Crippen molar-refractivity contribution < 1.29 is 14.0 Å². The topological polar surface area (TPSA) is 62.6 Å². The Bertz CT molecular complexity index is 733. The molecule has 0 saturated heterocycles. The van der Waals surface area contributed by atoms with Crippen LogP contribution in [-0.4, -0.2) is 11.8 Å². The van der Waals surface area contributed by atoms with E-state index in [0.29, 0.717) is 22.7 Å². The van der Waals surface area contributed by atoms with Crippen molar-refractivity contribution >= 4 is 17.5 Å². The van der Waals surface area contributed by atoms with Gasteiger partial charge in [0.15, 0.2) is 5.78 Å². The molecule has 0 fully saturated rings. The third-order valence-corrected chi connectivity index (χ3v) is 3.71. The number of allylic oxidation sites excluding steroid dienone is 1.